The number of nitrogens with zero attached hydrogens (tertiary/aromatic N) is 1. The van der Waals surface area contributed by atoms with Crippen molar-refractivity contribution >= 4 is 18.0 Å². The maximum absolute atomic E-state index is 11.3. The number of aliphatic imine (C=N–C) groups is 1. The highest BCUT2D eigenvalue weighted by atomic mass is 16.2. The number of carbonyl (C=O) groups is 2. The van der Waals surface area contributed by atoms with Crippen LogP contribution in [0.4, 0.5) is 0 Å². The molecule has 2 atom stereocenters. The van der Waals surface area contributed by atoms with Crippen LogP contribution in [-0.4, -0.2) is 24.1 Å². The molecular weight excluding hydrogens is 228 g/mol. The van der Waals surface area contributed by atoms with E-state index < -0.39 is 5.92 Å². The molecule has 94 valence electrons. The zero-order chi connectivity index (χ0) is 13.0. The molecule has 18 heavy (non-hydrogen) atoms. The van der Waals surface area contributed by atoms with Crippen LogP contribution in [0.5, 0.6) is 0 Å². The molecule has 1 heterocycles. The van der Waals surface area contributed by atoms with Crippen LogP contribution in [0.3, 0.4) is 0 Å². The molecule has 2 amide bonds. The minimum absolute atomic E-state index is 0.107. The molecular formula is C14H16N2O2. The third kappa shape index (κ3) is 3.26. The number of amides is 2. The Morgan fingerprint density at radius 2 is 2.11 bits per heavy atom. The smallest absolute Gasteiger partial charge is 0.235 e. The van der Waals surface area contributed by atoms with Gasteiger partial charge in [-0.05, 0) is 18.9 Å². The van der Waals surface area contributed by atoms with Gasteiger partial charge < -0.3 is 0 Å². The molecule has 4 nitrogen and oxygen atoms in total. The van der Waals surface area contributed by atoms with E-state index in [0.717, 1.165) is 6.42 Å². The molecule has 1 unspecified atom stereocenters. The summed E-state index contributed by atoms with van der Waals surface area (Å²) < 4.78 is 0. The largest absolute Gasteiger partial charge is 0.296 e. The van der Waals surface area contributed by atoms with Gasteiger partial charge in [0.2, 0.25) is 11.8 Å². The first-order valence-corrected chi connectivity index (χ1v) is 6.06. The molecule has 1 aromatic carbocycles. The Morgan fingerprint density at radius 3 is 2.72 bits per heavy atom. The van der Waals surface area contributed by atoms with E-state index in [0.29, 0.717) is 0 Å². The third-order valence-electron chi connectivity index (χ3n) is 2.90. The van der Waals surface area contributed by atoms with E-state index in [1.165, 1.54) is 5.56 Å². The van der Waals surface area contributed by atoms with E-state index in [1.807, 2.05) is 25.1 Å². The molecule has 0 aliphatic carbocycles. The molecule has 1 fully saturated rings. The molecule has 0 spiro atoms. The zero-order valence-electron chi connectivity index (χ0n) is 10.3. The maximum Gasteiger partial charge on any atom is 0.235 e. The molecule has 2 rings (SSSR count). The lowest BCUT2D eigenvalue weighted by atomic mass is 10.1. The van der Waals surface area contributed by atoms with E-state index in [4.69, 9.17) is 0 Å². The van der Waals surface area contributed by atoms with Crippen molar-refractivity contribution < 1.29 is 9.59 Å². The van der Waals surface area contributed by atoms with Gasteiger partial charge >= 0.3 is 0 Å². The van der Waals surface area contributed by atoms with Gasteiger partial charge in [0, 0.05) is 12.6 Å². The van der Waals surface area contributed by atoms with Crippen LogP contribution in [0.1, 0.15) is 18.9 Å². The van der Waals surface area contributed by atoms with Crippen molar-refractivity contribution in [3.63, 3.8) is 0 Å². The number of hydrogen-bond acceptors (Lipinski definition) is 3. The lowest BCUT2D eigenvalue weighted by molar-refractivity contribution is -0.125. The molecule has 1 saturated heterocycles. The number of rotatable bonds is 4. The van der Waals surface area contributed by atoms with Crippen LogP contribution < -0.4 is 5.32 Å². The average Bonchev–Trinajstić information content (AvgIpc) is 2.66. The van der Waals surface area contributed by atoms with Gasteiger partial charge in [0.1, 0.15) is 0 Å². The van der Waals surface area contributed by atoms with Crippen molar-refractivity contribution in [2.75, 3.05) is 0 Å². The van der Waals surface area contributed by atoms with E-state index in [-0.39, 0.29) is 24.3 Å². The fourth-order valence-electron chi connectivity index (χ4n) is 1.95. The minimum atomic E-state index is -0.393. The van der Waals surface area contributed by atoms with Crippen LogP contribution in [-0.2, 0) is 16.0 Å². The van der Waals surface area contributed by atoms with Crippen LogP contribution in [0.15, 0.2) is 35.3 Å². The van der Waals surface area contributed by atoms with Crippen molar-refractivity contribution in [3.05, 3.63) is 35.9 Å². The van der Waals surface area contributed by atoms with Gasteiger partial charge in [-0.2, -0.15) is 0 Å². The summed E-state index contributed by atoms with van der Waals surface area (Å²) in [6, 6.07) is 10.2. The summed E-state index contributed by atoms with van der Waals surface area (Å²) in [6.07, 6.45) is 2.66. The third-order valence-corrected chi connectivity index (χ3v) is 2.90. The standard InChI is InChI=1S/C14H16N2O2/c1-10(7-11-5-3-2-4-6-11)15-9-12-8-13(17)16-14(12)18/h2-6,9-10,12H,7-8H2,1H3,(H,16,17,18)/t10-,12?/m0/s1. The van der Waals surface area contributed by atoms with Crippen LogP contribution in [0.2, 0.25) is 0 Å². The minimum Gasteiger partial charge on any atom is -0.296 e. The molecule has 0 radical (unpaired) electrons. The molecule has 0 saturated carbocycles. The Balaban J connectivity index is 1.89. The van der Waals surface area contributed by atoms with Crippen LogP contribution >= 0.6 is 0 Å². The summed E-state index contributed by atoms with van der Waals surface area (Å²) in [5.41, 5.74) is 1.22. The lowest BCUT2D eigenvalue weighted by Crippen LogP contribution is -2.22. The van der Waals surface area contributed by atoms with Gasteiger partial charge in [-0.25, -0.2) is 0 Å². The van der Waals surface area contributed by atoms with E-state index in [9.17, 15) is 9.59 Å². The quantitative estimate of drug-likeness (QED) is 0.642. The second kappa shape index (κ2) is 5.58. The Hall–Kier alpha value is -1.97. The Bertz CT molecular complexity index is 468. The van der Waals surface area contributed by atoms with Crippen molar-refractivity contribution in [1.82, 2.24) is 5.32 Å². The van der Waals surface area contributed by atoms with Crippen molar-refractivity contribution in [1.29, 1.82) is 0 Å². The van der Waals surface area contributed by atoms with Gasteiger partial charge in [0.05, 0.1) is 12.0 Å². The predicted octanol–water partition coefficient (Wildman–Crippen LogP) is 1.35. The summed E-state index contributed by atoms with van der Waals surface area (Å²) in [4.78, 5) is 26.7. The highest BCUT2D eigenvalue weighted by Gasteiger charge is 2.28. The first kappa shape index (κ1) is 12.5. The summed E-state index contributed by atoms with van der Waals surface area (Å²) >= 11 is 0. The van der Waals surface area contributed by atoms with E-state index in [1.54, 1.807) is 6.21 Å². The number of hydrogen-bond donors (Lipinski definition) is 1. The van der Waals surface area contributed by atoms with Crippen molar-refractivity contribution in [2.24, 2.45) is 10.9 Å². The van der Waals surface area contributed by atoms with Gasteiger partial charge in [-0.1, -0.05) is 30.3 Å². The fraction of sp³-hybridized carbons (Fsp3) is 0.357. The number of imide groups is 1. The van der Waals surface area contributed by atoms with Gasteiger partial charge in [0.15, 0.2) is 0 Å². The molecule has 1 N–H and O–H groups in total. The first-order chi connectivity index (χ1) is 8.65. The summed E-state index contributed by atoms with van der Waals surface area (Å²) in [5, 5.41) is 2.27. The molecule has 1 aliphatic heterocycles. The molecule has 4 heteroatoms. The van der Waals surface area contributed by atoms with Gasteiger partial charge in [-0.15, -0.1) is 0 Å². The first-order valence-electron chi connectivity index (χ1n) is 6.06. The number of nitrogens with one attached hydrogen (secondary N) is 1. The number of carbonyl (C=O) groups excluding carboxylic acids is 2. The van der Waals surface area contributed by atoms with Crippen LogP contribution in [0, 0.1) is 5.92 Å². The lowest BCUT2D eigenvalue weighted by Gasteiger charge is -2.06. The van der Waals surface area contributed by atoms with E-state index >= 15 is 0 Å². The molecule has 1 aromatic rings. The summed E-state index contributed by atoms with van der Waals surface area (Å²) in [7, 11) is 0. The van der Waals surface area contributed by atoms with E-state index in [2.05, 4.69) is 22.4 Å². The summed E-state index contributed by atoms with van der Waals surface area (Å²) in [6.45, 7) is 2.00. The molecule has 1 aliphatic rings. The Labute approximate surface area is 106 Å². The normalized spacial score (nSPS) is 21.3. The molecule has 0 aromatic heterocycles. The van der Waals surface area contributed by atoms with Crippen molar-refractivity contribution in [3.8, 4) is 0 Å². The second-order valence-electron chi connectivity index (χ2n) is 4.56. The average molecular weight is 244 g/mol. The number of benzene rings is 1. The van der Waals surface area contributed by atoms with Gasteiger partial charge in [-0.3, -0.25) is 19.9 Å². The summed E-state index contributed by atoms with van der Waals surface area (Å²) in [5.74, 6) is -0.849. The van der Waals surface area contributed by atoms with Crippen molar-refractivity contribution in [2.45, 2.75) is 25.8 Å². The predicted molar refractivity (Wildman–Crippen MR) is 69.4 cm³/mol. The topological polar surface area (TPSA) is 58.5 Å². The monoisotopic (exact) mass is 244 g/mol. The SMILES string of the molecule is C[C@@H](Cc1ccccc1)N=CC1CC(=O)NC1=O. The van der Waals surface area contributed by atoms with Gasteiger partial charge in [0.25, 0.3) is 0 Å². The highest BCUT2D eigenvalue weighted by Crippen LogP contribution is 2.10. The Kier molecular flexibility index (Phi) is 3.87. The second-order valence-corrected chi connectivity index (χ2v) is 4.56. The van der Waals surface area contributed by atoms with Crippen LogP contribution in [0.25, 0.3) is 0 Å². The maximum atomic E-state index is 11.3. The fourth-order valence-corrected chi connectivity index (χ4v) is 1.95. The molecule has 0 bridgehead atoms. The zero-order valence-corrected chi connectivity index (χ0v) is 10.3. The highest BCUT2D eigenvalue weighted by molar-refractivity contribution is 6.10. The Morgan fingerprint density at radius 1 is 1.39 bits per heavy atom.